The molecule has 3 atom stereocenters. The first-order chi connectivity index (χ1) is 12.9. The van der Waals surface area contributed by atoms with E-state index >= 15 is 0 Å². The second-order valence-corrected chi connectivity index (χ2v) is 6.39. The van der Waals surface area contributed by atoms with E-state index in [4.69, 9.17) is 16.2 Å². The lowest BCUT2D eigenvalue weighted by Gasteiger charge is -2.22. The predicted molar refractivity (Wildman–Crippen MR) is 102 cm³/mol. The van der Waals surface area contributed by atoms with Crippen molar-refractivity contribution in [1.82, 2.24) is 9.88 Å². The molecule has 0 aliphatic carbocycles. The molecule has 1 amide bonds. The Kier molecular flexibility index (Phi) is 7.09. The van der Waals surface area contributed by atoms with Gasteiger partial charge in [-0.05, 0) is 18.6 Å². The zero-order valence-corrected chi connectivity index (χ0v) is 15.6. The van der Waals surface area contributed by atoms with Crippen LogP contribution in [0.1, 0.15) is 18.9 Å². The number of nitrogens with two attached hydrogens (primary N) is 2. The molecule has 8 heteroatoms. The number of amides is 1. The third-order valence-corrected chi connectivity index (χ3v) is 4.42. The number of nitrogens with zero attached hydrogens (tertiary/aromatic N) is 1. The van der Waals surface area contributed by atoms with Crippen LogP contribution in [0.25, 0.3) is 10.9 Å². The molecule has 27 heavy (non-hydrogen) atoms. The molecule has 0 fully saturated rings. The van der Waals surface area contributed by atoms with Crippen molar-refractivity contribution in [3.63, 3.8) is 0 Å². The highest BCUT2D eigenvalue weighted by Gasteiger charge is 2.28. The van der Waals surface area contributed by atoms with E-state index in [1.807, 2.05) is 42.1 Å². The minimum atomic E-state index is -1.10. The summed E-state index contributed by atoms with van der Waals surface area (Å²) in [5, 5.41) is 3.61. The van der Waals surface area contributed by atoms with Gasteiger partial charge in [-0.25, -0.2) is 4.79 Å². The quantitative estimate of drug-likeness (QED) is 0.419. The molecule has 0 aliphatic rings. The van der Waals surface area contributed by atoms with E-state index < -0.39 is 30.0 Å². The predicted octanol–water partition coefficient (Wildman–Crippen LogP) is 0.0123. The second-order valence-electron chi connectivity index (χ2n) is 6.39. The molecule has 2 rings (SSSR count). The van der Waals surface area contributed by atoms with Gasteiger partial charge in [-0.15, -0.1) is 0 Å². The van der Waals surface area contributed by atoms with Gasteiger partial charge in [-0.3, -0.25) is 4.79 Å². The molecule has 1 heterocycles. The van der Waals surface area contributed by atoms with Crippen molar-refractivity contribution in [2.45, 2.75) is 37.9 Å². The third kappa shape index (κ3) is 4.93. The standard InChI is InChI=1S/C19H26N4O4/c1-3-27-19(26)15(22-18(25)17(21)14(20)8-9-24)10-12-11-23(2)16-7-5-4-6-13(12)16/h4-7,9,11,14-15,17H,3,8,10,20-21H2,1-2H3,(H,22,25)/t14?,15-,17+/m1/s1. The maximum absolute atomic E-state index is 12.4. The van der Waals surface area contributed by atoms with Crippen molar-refractivity contribution in [2.75, 3.05) is 6.61 Å². The number of esters is 1. The number of nitrogens with one attached hydrogen (secondary N) is 1. The first-order valence-corrected chi connectivity index (χ1v) is 8.83. The number of carbonyl (C=O) groups is 3. The van der Waals surface area contributed by atoms with E-state index in [1.165, 1.54) is 0 Å². The molecule has 0 saturated heterocycles. The normalized spacial score (nSPS) is 14.4. The van der Waals surface area contributed by atoms with Crippen LogP contribution in [-0.2, 0) is 32.6 Å². The molecular formula is C19H26N4O4. The van der Waals surface area contributed by atoms with Crippen LogP contribution in [0.5, 0.6) is 0 Å². The Balaban J connectivity index is 2.22. The topological polar surface area (TPSA) is 129 Å². The summed E-state index contributed by atoms with van der Waals surface area (Å²) in [5.74, 6) is -1.14. The number of aryl methyl sites for hydroxylation is 1. The fourth-order valence-electron chi connectivity index (χ4n) is 2.96. The van der Waals surface area contributed by atoms with Crippen LogP contribution in [0.3, 0.4) is 0 Å². The van der Waals surface area contributed by atoms with Gasteiger partial charge in [0, 0.05) is 43.0 Å². The SMILES string of the molecule is CCOC(=O)[C@@H](Cc1cn(C)c2ccccc12)NC(=O)[C@@H](N)C(N)CC=O. The molecule has 1 unspecified atom stereocenters. The number of hydrogen-bond acceptors (Lipinski definition) is 6. The number of ether oxygens (including phenoxy) is 1. The summed E-state index contributed by atoms with van der Waals surface area (Å²) in [5.41, 5.74) is 13.5. The molecule has 2 aromatic rings. The van der Waals surface area contributed by atoms with Crippen LogP contribution in [-0.4, -0.2) is 47.5 Å². The van der Waals surface area contributed by atoms with Gasteiger partial charge < -0.3 is 30.9 Å². The summed E-state index contributed by atoms with van der Waals surface area (Å²) in [4.78, 5) is 35.3. The number of para-hydroxylation sites is 1. The largest absolute Gasteiger partial charge is 0.464 e. The minimum Gasteiger partial charge on any atom is -0.464 e. The maximum Gasteiger partial charge on any atom is 0.328 e. The Labute approximate surface area is 157 Å². The Hall–Kier alpha value is -2.71. The molecule has 0 bridgehead atoms. The van der Waals surface area contributed by atoms with Gasteiger partial charge in [0.2, 0.25) is 5.91 Å². The Morgan fingerprint density at radius 2 is 2.00 bits per heavy atom. The summed E-state index contributed by atoms with van der Waals surface area (Å²) >= 11 is 0. The fourth-order valence-corrected chi connectivity index (χ4v) is 2.96. The van der Waals surface area contributed by atoms with E-state index in [0.29, 0.717) is 6.29 Å². The monoisotopic (exact) mass is 374 g/mol. The van der Waals surface area contributed by atoms with Crippen LogP contribution < -0.4 is 16.8 Å². The molecular weight excluding hydrogens is 348 g/mol. The first-order valence-electron chi connectivity index (χ1n) is 8.83. The maximum atomic E-state index is 12.4. The van der Waals surface area contributed by atoms with Gasteiger partial charge in [0.15, 0.2) is 0 Å². The van der Waals surface area contributed by atoms with E-state index in [1.54, 1.807) is 6.92 Å². The van der Waals surface area contributed by atoms with Crippen molar-refractivity contribution in [3.8, 4) is 0 Å². The lowest BCUT2D eigenvalue weighted by atomic mass is 10.0. The van der Waals surface area contributed by atoms with Crippen LogP contribution >= 0.6 is 0 Å². The van der Waals surface area contributed by atoms with Crippen LogP contribution in [0.4, 0.5) is 0 Å². The highest BCUT2D eigenvalue weighted by Crippen LogP contribution is 2.21. The number of rotatable bonds is 9. The first kappa shape index (κ1) is 20.6. The Morgan fingerprint density at radius 1 is 1.30 bits per heavy atom. The van der Waals surface area contributed by atoms with Crippen molar-refractivity contribution >= 4 is 29.1 Å². The van der Waals surface area contributed by atoms with Crippen molar-refractivity contribution in [2.24, 2.45) is 18.5 Å². The average molecular weight is 374 g/mol. The van der Waals surface area contributed by atoms with Crippen molar-refractivity contribution in [1.29, 1.82) is 0 Å². The number of fused-ring (bicyclic) bond motifs is 1. The van der Waals surface area contributed by atoms with Gasteiger partial charge in [-0.2, -0.15) is 0 Å². The summed E-state index contributed by atoms with van der Waals surface area (Å²) in [6.07, 6.45) is 2.74. The number of carbonyl (C=O) groups excluding carboxylic acids is 3. The lowest BCUT2D eigenvalue weighted by molar-refractivity contribution is -0.147. The number of aldehydes is 1. The Morgan fingerprint density at radius 3 is 2.67 bits per heavy atom. The van der Waals surface area contributed by atoms with E-state index in [9.17, 15) is 14.4 Å². The fraction of sp³-hybridized carbons (Fsp3) is 0.421. The van der Waals surface area contributed by atoms with Crippen molar-refractivity contribution in [3.05, 3.63) is 36.0 Å². The van der Waals surface area contributed by atoms with Gasteiger partial charge >= 0.3 is 5.97 Å². The average Bonchev–Trinajstić information content (AvgIpc) is 2.97. The Bertz CT molecular complexity index is 817. The summed E-state index contributed by atoms with van der Waals surface area (Å²) in [7, 11) is 1.91. The number of aromatic nitrogens is 1. The van der Waals surface area contributed by atoms with Crippen LogP contribution in [0, 0.1) is 0 Å². The van der Waals surface area contributed by atoms with Crippen molar-refractivity contribution < 1.29 is 19.1 Å². The molecule has 8 nitrogen and oxygen atoms in total. The van der Waals surface area contributed by atoms with Gasteiger partial charge in [0.1, 0.15) is 12.3 Å². The summed E-state index contributed by atoms with van der Waals surface area (Å²) in [6.45, 7) is 1.89. The molecule has 0 aliphatic heterocycles. The molecule has 1 aromatic carbocycles. The third-order valence-electron chi connectivity index (χ3n) is 4.42. The van der Waals surface area contributed by atoms with Gasteiger partial charge in [-0.1, -0.05) is 18.2 Å². The molecule has 0 radical (unpaired) electrons. The lowest BCUT2D eigenvalue weighted by Crippen LogP contribution is -2.56. The number of benzene rings is 1. The molecule has 0 spiro atoms. The number of hydrogen-bond donors (Lipinski definition) is 3. The van der Waals surface area contributed by atoms with Gasteiger partial charge in [0.05, 0.1) is 12.6 Å². The zero-order chi connectivity index (χ0) is 20.0. The molecule has 146 valence electrons. The van der Waals surface area contributed by atoms with E-state index in [0.717, 1.165) is 16.5 Å². The second kappa shape index (κ2) is 9.29. The molecule has 5 N–H and O–H groups in total. The smallest absolute Gasteiger partial charge is 0.328 e. The summed E-state index contributed by atoms with van der Waals surface area (Å²) < 4.78 is 7.05. The van der Waals surface area contributed by atoms with Crippen LogP contribution in [0.2, 0.25) is 0 Å². The highest BCUT2D eigenvalue weighted by molar-refractivity contribution is 5.89. The van der Waals surface area contributed by atoms with E-state index in [-0.39, 0.29) is 19.4 Å². The zero-order valence-electron chi connectivity index (χ0n) is 15.6. The van der Waals surface area contributed by atoms with E-state index in [2.05, 4.69) is 5.32 Å². The molecule has 1 aromatic heterocycles. The van der Waals surface area contributed by atoms with Gasteiger partial charge in [0.25, 0.3) is 0 Å². The van der Waals surface area contributed by atoms with Crippen LogP contribution in [0.15, 0.2) is 30.5 Å². The highest BCUT2D eigenvalue weighted by atomic mass is 16.5. The minimum absolute atomic E-state index is 0.0397. The molecule has 0 saturated carbocycles. The summed E-state index contributed by atoms with van der Waals surface area (Å²) in [6, 6.07) is 4.97.